The molecule has 0 unspecified atom stereocenters. The maximum absolute atomic E-state index is 11.5. The van der Waals surface area contributed by atoms with Crippen LogP contribution in [0.5, 0.6) is 11.5 Å². The van der Waals surface area contributed by atoms with Crippen molar-refractivity contribution in [2.45, 2.75) is 70.1 Å². The fourth-order valence-corrected chi connectivity index (χ4v) is 5.10. The van der Waals surface area contributed by atoms with Crippen molar-refractivity contribution in [3.63, 3.8) is 0 Å². The van der Waals surface area contributed by atoms with E-state index >= 15 is 0 Å². The number of rotatable bonds is 6. The third kappa shape index (κ3) is 4.84. The second kappa shape index (κ2) is 9.21. The van der Waals surface area contributed by atoms with Crippen LogP contribution >= 0.6 is 0 Å². The van der Waals surface area contributed by atoms with Crippen molar-refractivity contribution in [3.05, 3.63) is 71.8 Å². The van der Waals surface area contributed by atoms with Gasteiger partial charge in [-0.05, 0) is 105 Å². The Labute approximate surface area is 201 Å². The molecule has 0 spiro atoms. The van der Waals surface area contributed by atoms with Crippen LogP contribution in [0.25, 0.3) is 10.8 Å². The molecular weight excluding hydrogens is 426 g/mol. The lowest BCUT2D eigenvalue weighted by Crippen LogP contribution is -2.37. The Kier molecular flexibility index (Phi) is 6.11. The second-order valence-electron chi connectivity index (χ2n) is 10.1. The number of carbonyl (C=O) groups excluding carboxylic acids is 1. The summed E-state index contributed by atoms with van der Waals surface area (Å²) in [5.41, 5.74) is 1.95. The summed E-state index contributed by atoms with van der Waals surface area (Å²) in [6.45, 7) is 6.43. The van der Waals surface area contributed by atoms with Crippen LogP contribution in [-0.4, -0.2) is 24.9 Å². The molecule has 1 N–H and O–H groups in total. The summed E-state index contributed by atoms with van der Waals surface area (Å²) < 4.78 is 17.3. The van der Waals surface area contributed by atoms with E-state index in [2.05, 4.69) is 79.8 Å². The topological polar surface area (TPSA) is 56.8 Å². The Morgan fingerprint density at radius 2 is 1.59 bits per heavy atom. The van der Waals surface area contributed by atoms with Crippen molar-refractivity contribution in [3.8, 4) is 11.5 Å². The van der Waals surface area contributed by atoms with E-state index in [1.807, 2.05) is 6.92 Å². The Morgan fingerprint density at radius 1 is 0.912 bits per heavy atom. The molecule has 1 amide bonds. The summed E-state index contributed by atoms with van der Waals surface area (Å²) in [5.74, 6) is 2.45. The van der Waals surface area contributed by atoms with Crippen LogP contribution in [0.15, 0.2) is 60.7 Å². The van der Waals surface area contributed by atoms with Gasteiger partial charge in [0.2, 0.25) is 0 Å². The number of fused-ring (bicyclic) bond motifs is 1. The smallest absolute Gasteiger partial charge is 0.408 e. The van der Waals surface area contributed by atoms with E-state index in [1.54, 1.807) is 0 Å². The first-order valence-electron chi connectivity index (χ1n) is 12.3. The molecule has 1 saturated heterocycles. The molecule has 2 fully saturated rings. The lowest BCUT2D eigenvalue weighted by atomic mass is 9.82. The Bertz CT molecular complexity index is 1160. The van der Waals surface area contributed by atoms with Gasteiger partial charge in [-0.25, -0.2) is 4.79 Å². The zero-order chi connectivity index (χ0) is 23.7. The molecule has 1 saturated carbocycles. The molecule has 3 aromatic carbocycles. The number of benzene rings is 3. The molecule has 2 aliphatic rings. The maximum Gasteiger partial charge on any atom is 0.408 e. The molecule has 1 aliphatic heterocycles. The molecule has 0 bridgehead atoms. The monoisotopic (exact) mass is 459 g/mol. The van der Waals surface area contributed by atoms with E-state index in [0.29, 0.717) is 12.5 Å². The number of cyclic esters (lactones) is 1. The van der Waals surface area contributed by atoms with Gasteiger partial charge < -0.3 is 19.5 Å². The van der Waals surface area contributed by atoms with Gasteiger partial charge in [0.05, 0.1) is 17.7 Å². The summed E-state index contributed by atoms with van der Waals surface area (Å²) in [6.07, 6.45) is 4.48. The molecular formula is C29H33NO4. The first kappa shape index (κ1) is 22.6. The van der Waals surface area contributed by atoms with Gasteiger partial charge in [0.25, 0.3) is 0 Å². The molecule has 3 aromatic rings. The van der Waals surface area contributed by atoms with Crippen molar-refractivity contribution in [2.24, 2.45) is 0 Å². The molecule has 1 heterocycles. The first-order valence-corrected chi connectivity index (χ1v) is 12.3. The Balaban J connectivity index is 1.20. The van der Waals surface area contributed by atoms with Gasteiger partial charge in [-0.3, -0.25) is 0 Å². The van der Waals surface area contributed by atoms with Gasteiger partial charge in [-0.1, -0.05) is 30.3 Å². The van der Waals surface area contributed by atoms with Crippen LogP contribution < -0.4 is 14.8 Å². The van der Waals surface area contributed by atoms with Crippen LogP contribution in [0.1, 0.15) is 63.5 Å². The van der Waals surface area contributed by atoms with Gasteiger partial charge in [-0.2, -0.15) is 0 Å². The zero-order valence-corrected chi connectivity index (χ0v) is 20.2. The zero-order valence-electron chi connectivity index (χ0n) is 20.2. The molecule has 0 radical (unpaired) electrons. The average molecular weight is 460 g/mol. The van der Waals surface area contributed by atoms with Crippen molar-refractivity contribution in [1.82, 2.24) is 5.32 Å². The Hall–Kier alpha value is -3.21. The van der Waals surface area contributed by atoms with E-state index in [9.17, 15) is 4.79 Å². The van der Waals surface area contributed by atoms with Crippen molar-refractivity contribution >= 4 is 16.9 Å². The lowest BCUT2D eigenvalue weighted by Gasteiger charge is -2.29. The molecule has 5 heteroatoms. The quantitative estimate of drug-likeness (QED) is 0.446. The third-order valence-corrected chi connectivity index (χ3v) is 7.02. The minimum Gasteiger partial charge on any atom is -0.491 e. The van der Waals surface area contributed by atoms with Crippen molar-refractivity contribution in [2.75, 3.05) is 6.61 Å². The minimum atomic E-state index is -0.485. The number of alkyl carbamates (subject to hydrolysis) is 1. The number of amides is 1. The predicted octanol–water partition coefficient (Wildman–Crippen LogP) is 6.69. The highest BCUT2D eigenvalue weighted by molar-refractivity contribution is 5.85. The van der Waals surface area contributed by atoms with E-state index in [1.165, 1.54) is 5.56 Å². The van der Waals surface area contributed by atoms with E-state index in [0.717, 1.165) is 53.5 Å². The highest BCUT2D eigenvalue weighted by Gasteiger charge is 2.36. The van der Waals surface area contributed by atoms with Crippen LogP contribution in [-0.2, 0) is 10.3 Å². The number of hydrogen-bond acceptors (Lipinski definition) is 4. The molecule has 1 atom stereocenters. The van der Waals surface area contributed by atoms with Gasteiger partial charge in [-0.15, -0.1) is 0 Å². The van der Waals surface area contributed by atoms with Gasteiger partial charge >= 0.3 is 6.09 Å². The minimum absolute atomic E-state index is 0.198. The average Bonchev–Trinajstić information content (AvgIpc) is 3.19. The number of ether oxygens (including phenoxy) is 3. The fraction of sp³-hybridized carbons (Fsp3) is 0.414. The molecule has 5 nitrogen and oxygen atoms in total. The fourth-order valence-electron chi connectivity index (χ4n) is 5.10. The molecule has 178 valence electrons. The maximum atomic E-state index is 11.5. The van der Waals surface area contributed by atoms with E-state index in [4.69, 9.17) is 14.2 Å². The molecule has 5 rings (SSSR count). The summed E-state index contributed by atoms with van der Waals surface area (Å²) >= 11 is 0. The summed E-state index contributed by atoms with van der Waals surface area (Å²) in [5, 5.41) is 5.17. The summed E-state index contributed by atoms with van der Waals surface area (Å²) in [6, 6.07) is 21.1. The SMILES string of the molecule is CC(C)Oc1ccc([C@H]2CC[C@@H](Oc3ccc4cc([C@]5(C)COC(=O)N5)ccc4c3)CC2)cc1. The van der Waals surface area contributed by atoms with Gasteiger partial charge in [0, 0.05) is 0 Å². The Morgan fingerprint density at radius 3 is 2.26 bits per heavy atom. The van der Waals surface area contributed by atoms with Crippen molar-refractivity contribution in [1.29, 1.82) is 0 Å². The highest BCUT2D eigenvalue weighted by Crippen LogP contribution is 2.36. The number of nitrogens with one attached hydrogen (secondary N) is 1. The normalized spacial score (nSPS) is 24.6. The van der Waals surface area contributed by atoms with Gasteiger partial charge in [0.15, 0.2) is 0 Å². The first-order chi connectivity index (χ1) is 16.4. The standard InChI is InChI=1S/C29H33NO4/c1-19(2)33-25-11-5-20(6-12-25)21-7-13-26(14-8-21)34-27-15-9-22-16-24(10-4-23(22)17-27)29(3)18-32-28(31)30-29/h4-6,9-12,15-17,19,21,26H,7-8,13-14,18H2,1-3H3,(H,30,31)/t21-,26+,29-/m0/s1. The molecule has 34 heavy (non-hydrogen) atoms. The molecule has 1 aliphatic carbocycles. The summed E-state index contributed by atoms with van der Waals surface area (Å²) in [4.78, 5) is 11.5. The second-order valence-corrected chi connectivity index (χ2v) is 10.1. The van der Waals surface area contributed by atoms with Crippen LogP contribution in [0, 0.1) is 0 Å². The van der Waals surface area contributed by atoms with E-state index < -0.39 is 5.54 Å². The highest BCUT2D eigenvalue weighted by atomic mass is 16.6. The largest absolute Gasteiger partial charge is 0.491 e. The van der Waals surface area contributed by atoms with E-state index in [-0.39, 0.29) is 18.3 Å². The number of hydrogen-bond donors (Lipinski definition) is 1. The number of carbonyl (C=O) groups is 1. The van der Waals surface area contributed by atoms with Crippen LogP contribution in [0.3, 0.4) is 0 Å². The van der Waals surface area contributed by atoms with Crippen LogP contribution in [0.4, 0.5) is 4.79 Å². The third-order valence-electron chi connectivity index (χ3n) is 7.02. The molecule has 0 aromatic heterocycles. The lowest BCUT2D eigenvalue weighted by molar-refractivity contribution is 0.146. The van der Waals surface area contributed by atoms with Crippen molar-refractivity contribution < 1.29 is 19.0 Å². The summed E-state index contributed by atoms with van der Waals surface area (Å²) in [7, 11) is 0. The van der Waals surface area contributed by atoms with Gasteiger partial charge in [0.1, 0.15) is 18.1 Å². The predicted molar refractivity (Wildman–Crippen MR) is 134 cm³/mol. The van der Waals surface area contributed by atoms with Crippen LogP contribution in [0.2, 0.25) is 0 Å².